The van der Waals surface area contributed by atoms with Crippen molar-refractivity contribution >= 4 is 15.8 Å². The number of sulfonamides is 1. The van der Waals surface area contributed by atoms with Crippen molar-refractivity contribution < 1.29 is 8.42 Å². The zero-order chi connectivity index (χ0) is 13.5. The molecule has 0 atom stereocenters. The summed E-state index contributed by atoms with van der Waals surface area (Å²) in [5.41, 5.74) is 6.28. The molecule has 0 amide bonds. The van der Waals surface area contributed by atoms with Gasteiger partial charge in [-0.3, -0.25) is 4.68 Å². The fourth-order valence-corrected chi connectivity index (χ4v) is 3.93. The maximum atomic E-state index is 12.6. The molecule has 1 aromatic heterocycles. The van der Waals surface area contributed by atoms with E-state index < -0.39 is 10.0 Å². The van der Waals surface area contributed by atoms with Gasteiger partial charge in [0.05, 0.1) is 5.69 Å². The van der Waals surface area contributed by atoms with Gasteiger partial charge < -0.3 is 5.73 Å². The molecule has 0 saturated heterocycles. The fourth-order valence-electron chi connectivity index (χ4n) is 1.98. The summed E-state index contributed by atoms with van der Waals surface area (Å²) in [5.74, 6) is 0.0599. The Morgan fingerprint density at radius 2 is 2.22 bits per heavy atom. The van der Waals surface area contributed by atoms with Crippen LogP contribution in [0.5, 0.6) is 0 Å². The molecule has 0 radical (unpaired) electrons. The molecular weight excluding hydrogens is 252 g/mol. The van der Waals surface area contributed by atoms with E-state index in [0.29, 0.717) is 12.2 Å². The van der Waals surface area contributed by atoms with E-state index in [0.717, 1.165) is 12.8 Å². The molecule has 0 unspecified atom stereocenters. The summed E-state index contributed by atoms with van der Waals surface area (Å²) in [5, 5.41) is 3.96. The van der Waals surface area contributed by atoms with Crippen molar-refractivity contribution in [3.63, 3.8) is 0 Å². The van der Waals surface area contributed by atoms with Crippen molar-refractivity contribution in [3.05, 3.63) is 18.3 Å². The van der Waals surface area contributed by atoms with E-state index in [1.165, 1.54) is 8.99 Å². The van der Waals surface area contributed by atoms with E-state index in [4.69, 9.17) is 5.73 Å². The molecule has 0 spiro atoms. The smallest absolute Gasteiger partial charge is 0.249 e. The Labute approximate surface area is 107 Å². The van der Waals surface area contributed by atoms with Gasteiger partial charge >= 0.3 is 0 Å². The third-order valence-corrected chi connectivity index (χ3v) is 5.22. The minimum Gasteiger partial charge on any atom is -0.381 e. The lowest BCUT2D eigenvalue weighted by atomic mass is 10.5. The average molecular weight is 270 g/mol. The zero-order valence-corrected chi connectivity index (χ0v) is 11.4. The Balaban J connectivity index is 2.49. The molecule has 6 nitrogen and oxygen atoms in total. The molecule has 1 aliphatic rings. The summed E-state index contributed by atoms with van der Waals surface area (Å²) in [7, 11) is -1.91. The van der Waals surface area contributed by atoms with E-state index in [-0.39, 0.29) is 16.8 Å². The van der Waals surface area contributed by atoms with Gasteiger partial charge in [0.15, 0.2) is 5.82 Å². The van der Waals surface area contributed by atoms with E-state index >= 15 is 0 Å². The van der Waals surface area contributed by atoms with Crippen molar-refractivity contribution in [2.45, 2.75) is 30.7 Å². The molecule has 100 valence electrons. The summed E-state index contributed by atoms with van der Waals surface area (Å²) in [6, 6.07) is 0.0759. The maximum Gasteiger partial charge on any atom is 0.249 e. The molecule has 0 aromatic carbocycles. The summed E-state index contributed by atoms with van der Waals surface area (Å²) < 4.78 is 28.2. The van der Waals surface area contributed by atoms with Gasteiger partial charge in [-0.1, -0.05) is 6.08 Å². The lowest BCUT2D eigenvalue weighted by Gasteiger charge is -2.20. The van der Waals surface area contributed by atoms with Gasteiger partial charge in [-0.15, -0.1) is 6.58 Å². The number of nitrogen functional groups attached to an aromatic ring is 1. The Morgan fingerprint density at radius 3 is 2.61 bits per heavy atom. The number of nitrogens with zero attached hydrogens (tertiary/aromatic N) is 3. The van der Waals surface area contributed by atoms with Crippen molar-refractivity contribution in [1.29, 1.82) is 0 Å². The van der Waals surface area contributed by atoms with Crippen molar-refractivity contribution in [2.75, 3.05) is 12.3 Å². The van der Waals surface area contributed by atoms with Crippen molar-refractivity contribution in [3.8, 4) is 0 Å². The molecular formula is C11H18N4O2S. The normalized spacial score (nSPS) is 16.2. The Morgan fingerprint density at radius 1 is 1.61 bits per heavy atom. The second kappa shape index (κ2) is 4.40. The fraction of sp³-hybridized carbons (Fsp3) is 0.545. The number of aryl methyl sites for hydroxylation is 1. The van der Waals surface area contributed by atoms with E-state index in [1.54, 1.807) is 20.0 Å². The topological polar surface area (TPSA) is 81.2 Å². The van der Waals surface area contributed by atoms with Crippen LogP contribution in [-0.4, -0.2) is 35.1 Å². The molecule has 2 rings (SSSR count). The van der Waals surface area contributed by atoms with Crippen LogP contribution in [0.1, 0.15) is 18.5 Å². The second-order valence-corrected chi connectivity index (χ2v) is 6.35. The standard InChI is InChI=1S/C11H18N4O2S/c1-4-7-15(9-5-6-9)18(16,17)10-8(2)14(3)13-11(10)12/h4,9H,1,5-7H2,2-3H3,(H2,12,13). The van der Waals surface area contributed by atoms with Crippen LogP contribution < -0.4 is 5.73 Å². The first-order valence-corrected chi connectivity index (χ1v) is 7.25. The van der Waals surface area contributed by atoms with E-state index in [2.05, 4.69) is 11.7 Å². The van der Waals surface area contributed by atoms with E-state index in [9.17, 15) is 8.42 Å². The van der Waals surface area contributed by atoms with Crippen LogP contribution in [-0.2, 0) is 17.1 Å². The molecule has 2 N–H and O–H groups in total. The third kappa shape index (κ3) is 2.04. The second-order valence-electron chi connectivity index (χ2n) is 4.52. The highest BCUT2D eigenvalue weighted by Gasteiger charge is 2.39. The van der Waals surface area contributed by atoms with Crippen LogP contribution >= 0.6 is 0 Å². The highest BCUT2D eigenvalue weighted by atomic mass is 32.2. The largest absolute Gasteiger partial charge is 0.381 e. The number of hydrogen-bond donors (Lipinski definition) is 1. The molecule has 0 bridgehead atoms. The van der Waals surface area contributed by atoms with Crippen molar-refractivity contribution in [2.24, 2.45) is 7.05 Å². The van der Waals surface area contributed by atoms with E-state index in [1.807, 2.05) is 0 Å². The lowest BCUT2D eigenvalue weighted by Crippen LogP contribution is -2.34. The molecule has 18 heavy (non-hydrogen) atoms. The monoisotopic (exact) mass is 270 g/mol. The van der Waals surface area contributed by atoms with Crippen LogP contribution in [0.2, 0.25) is 0 Å². The number of nitrogens with two attached hydrogens (primary N) is 1. The highest BCUT2D eigenvalue weighted by Crippen LogP contribution is 2.34. The predicted octanol–water partition coefficient (Wildman–Crippen LogP) is 0.650. The molecule has 1 heterocycles. The Hall–Kier alpha value is -1.34. The molecule has 1 aromatic rings. The first-order valence-electron chi connectivity index (χ1n) is 5.81. The number of aromatic nitrogens is 2. The van der Waals surface area contributed by atoms with Crippen LogP contribution in [0.25, 0.3) is 0 Å². The zero-order valence-electron chi connectivity index (χ0n) is 10.6. The average Bonchev–Trinajstić information content (AvgIpc) is 3.04. The van der Waals surface area contributed by atoms with Crippen LogP contribution in [0, 0.1) is 6.92 Å². The Kier molecular flexibility index (Phi) is 3.20. The molecule has 1 aliphatic carbocycles. The number of anilines is 1. The van der Waals surface area contributed by atoms with Gasteiger partial charge in [-0.25, -0.2) is 8.42 Å². The first-order chi connectivity index (χ1) is 8.39. The van der Waals surface area contributed by atoms with Gasteiger partial charge in [0, 0.05) is 19.6 Å². The quantitative estimate of drug-likeness (QED) is 0.796. The Bertz CT molecular complexity index is 572. The third-order valence-electron chi connectivity index (χ3n) is 3.13. The van der Waals surface area contributed by atoms with Gasteiger partial charge in [0.2, 0.25) is 10.0 Å². The number of rotatable bonds is 5. The van der Waals surface area contributed by atoms with Crippen LogP contribution in [0.4, 0.5) is 5.82 Å². The SMILES string of the molecule is C=CCN(C1CC1)S(=O)(=O)c1c(N)nn(C)c1C. The predicted molar refractivity (Wildman–Crippen MR) is 69.5 cm³/mol. The first kappa shape index (κ1) is 13.1. The summed E-state index contributed by atoms with van der Waals surface area (Å²) in [4.78, 5) is 0.124. The molecule has 0 aliphatic heterocycles. The minimum absolute atomic E-state index is 0.0599. The minimum atomic E-state index is -3.59. The number of hydrogen-bond acceptors (Lipinski definition) is 4. The van der Waals surface area contributed by atoms with Crippen molar-refractivity contribution in [1.82, 2.24) is 14.1 Å². The summed E-state index contributed by atoms with van der Waals surface area (Å²) >= 11 is 0. The summed E-state index contributed by atoms with van der Waals surface area (Å²) in [6.07, 6.45) is 3.39. The summed E-state index contributed by atoms with van der Waals surface area (Å²) in [6.45, 7) is 5.62. The van der Waals surface area contributed by atoms with Gasteiger partial charge in [0.1, 0.15) is 4.90 Å². The molecule has 1 saturated carbocycles. The van der Waals surface area contributed by atoms with Gasteiger partial charge in [-0.2, -0.15) is 9.40 Å². The van der Waals surface area contributed by atoms with Crippen LogP contribution in [0.3, 0.4) is 0 Å². The molecule has 1 fully saturated rings. The van der Waals surface area contributed by atoms with Crippen LogP contribution in [0.15, 0.2) is 17.6 Å². The van der Waals surface area contributed by atoms with Gasteiger partial charge in [-0.05, 0) is 19.8 Å². The lowest BCUT2D eigenvalue weighted by molar-refractivity contribution is 0.435. The molecule has 7 heteroatoms. The maximum absolute atomic E-state index is 12.6. The van der Waals surface area contributed by atoms with Gasteiger partial charge in [0.25, 0.3) is 0 Å². The highest BCUT2D eigenvalue weighted by molar-refractivity contribution is 7.89.